The quantitative estimate of drug-likeness (QED) is 0.757. The molecule has 0 heterocycles. The van der Waals surface area contributed by atoms with E-state index in [-0.39, 0.29) is 16.3 Å². The van der Waals surface area contributed by atoms with Gasteiger partial charge in [-0.1, -0.05) is 11.6 Å². The molecule has 0 saturated carbocycles. The third-order valence-corrected chi connectivity index (χ3v) is 2.66. The van der Waals surface area contributed by atoms with Gasteiger partial charge in [0.15, 0.2) is 11.6 Å². The zero-order valence-corrected chi connectivity index (χ0v) is 9.97. The average molecular weight is 251 g/mol. The molecule has 1 aromatic carbocycles. The summed E-state index contributed by atoms with van der Waals surface area (Å²) in [6.45, 7) is 1.66. The van der Waals surface area contributed by atoms with Crippen molar-refractivity contribution in [3.8, 4) is 17.9 Å². The van der Waals surface area contributed by atoms with E-state index in [0.717, 1.165) is 0 Å². The van der Waals surface area contributed by atoms with Crippen LogP contribution in [0.15, 0.2) is 11.6 Å². The van der Waals surface area contributed by atoms with Crippen molar-refractivity contribution in [2.75, 3.05) is 7.11 Å². The summed E-state index contributed by atoms with van der Waals surface area (Å²) in [6.07, 6.45) is 1.28. The third-order valence-electron chi connectivity index (χ3n) is 2.21. The monoisotopic (exact) mass is 250 g/mol. The topological polar surface area (TPSA) is 56.8 Å². The summed E-state index contributed by atoms with van der Waals surface area (Å²) in [7, 11) is 1.31. The zero-order chi connectivity index (χ0) is 13.0. The maximum atomic E-state index is 13.5. The van der Waals surface area contributed by atoms with E-state index < -0.39 is 5.82 Å². The summed E-state index contributed by atoms with van der Waals surface area (Å²) >= 11 is 5.91. The molecule has 0 fully saturated rings. The fourth-order valence-corrected chi connectivity index (χ4v) is 1.57. The molecule has 0 aliphatic carbocycles. The number of allylic oxidation sites excluding steroid dienone is 1. The summed E-state index contributed by atoms with van der Waals surface area (Å²) in [4.78, 5) is 0. The molecular formula is C12H8ClFN2O. The number of benzene rings is 1. The van der Waals surface area contributed by atoms with E-state index in [1.165, 1.54) is 19.3 Å². The second kappa shape index (κ2) is 5.34. The first-order valence-corrected chi connectivity index (χ1v) is 4.97. The summed E-state index contributed by atoms with van der Waals surface area (Å²) < 4.78 is 18.4. The smallest absolute Gasteiger partial charge is 0.173 e. The van der Waals surface area contributed by atoms with Gasteiger partial charge in [-0.2, -0.15) is 10.5 Å². The van der Waals surface area contributed by atoms with Gasteiger partial charge in [0.2, 0.25) is 0 Å². The average Bonchev–Trinajstić information content (AvgIpc) is 2.32. The van der Waals surface area contributed by atoms with Crippen LogP contribution in [0.5, 0.6) is 5.75 Å². The molecule has 0 radical (unpaired) electrons. The predicted octanol–water partition coefficient (Wildman–Crippen LogP) is 3.23. The lowest BCUT2D eigenvalue weighted by Gasteiger charge is -2.09. The first-order valence-electron chi connectivity index (χ1n) is 4.59. The van der Waals surface area contributed by atoms with Crippen LogP contribution in [-0.4, -0.2) is 7.11 Å². The molecule has 0 atom stereocenters. The van der Waals surface area contributed by atoms with Gasteiger partial charge in [-0.15, -0.1) is 0 Å². The van der Waals surface area contributed by atoms with Crippen molar-refractivity contribution in [2.45, 2.75) is 6.92 Å². The molecule has 0 N–H and O–H groups in total. The lowest BCUT2D eigenvalue weighted by molar-refractivity contribution is 0.386. The maximum Gasteiger partial charge on any atom is 0.173 e. The number of halogens is 2. The van der Waals surface area contributed by atoms with Gasteiger partial charge in [-0.3, -0.25) is 0 Å². The predicted molar refractivity (Wildman–Crippen MR) is 61.9 cm³/mol. The Morgan fingerprint density at radius 2 is 2.06 bits per heavy atom. The molecule has 5 heteroatoms. The Morgan fingerprint density at radius 1 is 1.47 bits per heavy atom. The number of hydrogen-bond donors (Lipinski definition) is 0. The molecule has 0 bridgehead atoms. The van der Waals surface area contributed by atoms with Crippen LogP contribution in [0, 0.1) is 35.4 Å². The molecule has 86 valence electrons. The van der Waals surface area contributed by atoms with Crippen LogP contribution in [0.3, 0.4) is 0 Å². The highest BCUT2D eigenvalue weighted by Crippen LogP contribution is 2.33. The Bertz CT molecular complexity index is 551. The number of rotatable bonds is 2. The van der Waals surface area contributed by atoms with Crippen LogP contribution >= 0.6 is 11.6 Å². The van der Waals surface area contributed by atoms with E-state index in [0.29, 0.717) is 11.1 Å². The van der Waals surface area contributed by atoms with Crippen molar-refractivity contribution in [3.63, 3.8) is 0 Å². The molecule has 0 aromatic heterocycles. The van der Waals surface area contributed by atoms with Gasteiger partial charge < -0.3 is 4.74 Å². The van der Waals surface area contributed by atoms with Crippen LogP contribution in [0.25, 0.3) is 6.08 Å². The molecule has 0 aliphatic rings. The fraction of sp³-hybridized carbons (Fsp3) is 0.167. The molecular weight excluding hydrogens is 243 g/mol. The van der Waals surface area contributed by atoms with E-state index in [4.69, 9.17) is 26.9 Å². The second-order valence-corrected chi connectivity index (χ2v) is 3.58. The highest BCUT2D eigenvalue weighted by Gasteiger charge is 2.14. The largest absolute Gasteiger partial charge is 0.492 e. The third kappa shape index (κ3) is 2.55. The van der Waals surface area contributed by atoms with Gasteiger partial charge in [-0.25, -0.2) is 4.39 Å². The second-order valence-electron chi connectivity index (χ2n) is 3.20. The van der Waals surface area contributed by atoms with Crippen LogP contribution in [0.4, 0.5) is 4.39 Å². The van der Waals surface area contributed by atoms with Crippen LogP contribution < -0.4 is 4.74 Å². The molecule has 0 spiro atoms. The van der Waals surface area contributed by atoms with Crippen molar-refractivity contribution >= 4 is 17.7 Å². The first-order chi connectivity index (χ1) is 8.04. The van der Waals surface area contributed by atoms with Gasteiger partial charge >= 0.3 is 0 Å². The van der Waals surface area contributed by atoms with E-state index in [1.54, 1.807) is 19.1 Å². The fourth-order valence-electron chi connectivity index (χ4n) is 1.29. The lowest BCUT2D eigenvalue weighted by atomic mass is 10.1. The Balaban J connectivity index is 3.46. The molecule has 0 unspecified atom stereocenters. The summed E-state index contributed by atoms with van der Waals surface area (Å²) in [5.41, 5.74) is 0.813. The standard InChI is InChI=1S/C12H8ClFN2O/c1-7-9(3-8(5-15)6-16)4-10(14)12(17-2)11(7)13/h3-4H,1-2H3. The Kier molecular flexibility index (Phi) is 4.09. The van der Waals surface area contributed by atoms with Crippen molar-refractivity contribution in [1.82, 2.24) is 0 Å². The summed E-state index contributed by atoms with van der Waals surface area (Å²) in [5.74, 6) is -0.679. The van der Waals surface area contributed by atoms with Gasteiger partial charge in [0.05, 0.1) is 12.1 Å². The van der Waals surface area contributed by atoms with Crippen molar-refractivity contribution in [3.05, 3.63) is 33.6 Å². The van der Waals surface area contributed by atoms with Crippen LogP contribution in [-0.2, 0) is 0 Å². The van der Waals surface area contributed by atoms with Crippen molar-refractivity contribution < 1.29 is 9.13 Å². The van der Waals surface area contributed by atoms with Gasteiger partial charge in [0.25, 0.3) is 0 Å². The highest BCUT2D eigenvalue weighted by atomic mass is 35.5. The minimum Gasteiger partial charge on any atom is -0.492 e. The Hall–Kier alpha value is -2.04. The van der Waals surface area contributed by atoms with Gasteiger partial charge in [-0.05, 0) is 30.2 Å². The molecule has 3 nitrogen and oxygen atoms in total. The maximum absolute atomic E-state index is 13.5. The van der Waals surface area contributed by atoms with Crippen LogP contribution in [0.2, 0.25) is 5.02 Å². The minimum atomic E-state index is -0.635. The molecule has 1 aromatic rings. The number of methoxy groups -OCH3 is 1. The summed E-state index contributed by atoms with van der Waals surface area (Å²) in [6, 6.07) is 4.57. The highest BCUT2D eigenvalue weighted by molar-refractivity contribution is 6.33. The SMILES string of the molecule is COc1c(F)cc(C=C(C#N)C#N)c(C)c1Cl. The first kappa shape index (κ1) is 13.0. The van der Waals surface area contributed by atoms with Gasteiger partial charge in [0, 0.05) is 0 Å². The van der Waals surface area contributed by atoms with E-state index >= 15 is 0 Å². The van der Waals surface area contributed by atoms with Crippen molar-refractivity contribution in [2.24, 2.45) is 0 Å². The van der Waals surface area contributed by atoms with E-state index in [1.807, 2.05) is 0 Å². The number of nitriles is 2. The normalized spacial score (nSPS) is 9.06. The molecule has 0 amide bonds. The zero-order valence-electron chi connectivity index (χ0n) is 9.21. The Morgan fingerprint density at radius 3 is 2.53 bits per heavy atom. The number of ether oxygens (including phenoxy) is 1. The lowest BCUT2D eigenvalue weighted by Crippen LogP contribution is -1.94. The van der Waals surface area contributed by atoms with E-state index in [2.05, 4.69) is 0 Å². The molecule has 0 aliphatic heterocycles. The minimum absolute atomic E-state index is 0.0446. The molecule has 17 heavy (non-hydrogen) atoms. The number of hydrogen-bond acceptors (Lipinski definition) is 3. The molecule has 1 rings (SSSR count). The van der Waals surface area contributed by atoms with Crippen LogP contribution in [0.1, 0.15) is 11.1 Å². The number of nitrogens with zero attached hydrogens (tertiary/aromatic N) is 2. The molecule has 0 saturated heterocycles. The van der Waals surface area contributed by atoms with Crippen molar-refractivity contribution in [1.29, 1.82) is 10.5 Å². The Labute approximate surface area is 103 Å². The van der Waals surface area contributed by atoms with E-state index in [9.17, 15) is 4.39 Å². The summed E-state index contributed by atoms with van der Waals surface area (Å²) in [5, 5.41) is 17.4. The van der Waals surface area contributed by atoms with Gasteiger partial charge in [0.1, 0.15) is 17.7 Å².